The number of aliphatic carboxylic acids is 1. The molecule has 1 amide bonds. The number of carboxylic acids is 1. The lowest BCUT2D eigenvalue weighted by Gasteiger charge is -2.31. The van der Waals surface area contributed by atoms with Crippen LogP contribution in [0.5, 0.6) is 0 Å². The fourth-order valence-corrected chi connectivity index (χ4v) is 3.62. The summed E-state index contributed by atoms with van der Waals surface area (Å²) in [6.45, 7) is 6.75. The normalized spacial score (nSPS) is 18.6. The highest BCUT2D eigenvalue weighted by atomic mass is 16.5. The number of carbonyl (C=O) groups is 2. The number of carbonyl (C=O) groups excluding carboxylic acids is 1. The standard InChI is InChI=1S/C20H24N2O4/c1-13-11-17(19(23)21-9-10-26-18(12-21)20(24)25)15(3)22(13)14(2)16-7-5-4-6-8-16/h4-8,11,14,18H,9-10,12H2,1-3H3,(H,24,25)/t14-,18+/m1/s1. The van der Waals surface area contributed by atoms with E-state index in [0.717, 1.165) is 11.4 Å². The molecule has 0 saturated carbocycles. The topological polar surface area (TPSA) is 71.8 Å². The Hall–Kier alpha value is -2.60. The Kier molecular flexibility index (Phi) is 5.13. The van der Waals surface area contributed by atoms with Gasteiger partial charge < -0.3 is 19.3 Å². The third-order valence-electron chi connectivity index (χ3n) is 5.01. The molecule has 0 aliphatic carbocycles. The highest BCUT2D eigenvalue weighted by Crippen LogP contribution is 2.26. The molecule has 0 bridgehead atoms. The summed E-state index contributed by atoms with van der Waals surface area (Å²) in [5.74, 6) is -1.18. The Morgan fingerprint density at radius 3 is 2.58 bits per heavy atom. The number of carboxylic acid groups (broad SMARTS) is 1. The Labute approximate surface area is 153 Å². The molecule has 2 atom stereocenters. The van der Waals surface area contributed by atoms with Gasteiger partial charge in [-0.15, -0.1) is 0 Å². The van der Waals surface area contributed by atoms with Crippen molar-refractivity contribution in [2.75, 3.05) is 19.7 Å². The van der Waals surface area contributed by atoms with Gasteiger partial charge >= 0.3 is 5.97 Å². The predicted molar refractivity (Wildman–Crippen MR) is 97.4 cm³/mol. The van der Waals surface area contributed by atoms with E-state index in [1.807, 2.05) is 38.1 Å². The van der Waals surface area contributed by atoms with Crippen LogP contribution in [0.15, 0.2) is 36.4 Å². The van der Waals surface area contributed by atoms with Crippen LogP contribution < -0.4 is 0 Å². The van der Waals surface area contributed by atoms with Gasteiger partial charge in [-0.2, -0.15) is 0 Å². The second-order valence-electron chi connectivity index (χ2n) is 6.69. The first-order valence-electron chi connectivity index (χ1n) is 8.77. The van der Waals surface area contributed by atoms with E-state index in [1.165, 1.54) is 5.56 Å². The first kappa shape index (κ1) is 18.2. The molecular weight excluding hydrogens is 332 g/mol. The minimum atomic E-state index is -1.04. The van der Waals surface area contributed by atoms with Crippen LogP contribution in [0.1, 0.15) is 40.3 Å². The minimum Gasteiger partial charge on any atom is -0.479 e. The zero-order valence-electron chi connectivity index (χ0n) is 15.3. The summed E-state index contributed by atoms with van der Waals surface area (Å²) in [4.78, 5) is 25.7. The Morgan fingerprint density at radius 1 is 1.23 bits per heavy atom. The third kappa shape index (κ3) is 3.37. The molecule has 2 heterocycles. The van der Waals surface area contributed by atoms with Crippen LogP contribution in [-0.4, -0.2) is 52.3 Å². The van der Waals surface area contributed by atoms with Crippen molar-refractivity contribution in [2.24, 2.45) is 0 Å². The molecule has 26 heavy (non-hydrogen) atoms. The summed E-state index contributed by atoms with van der Waals surface area (Å²) < 4.78 is 7.36. The number of morpholine rings is 1. The zero-order chi connectivity index (χ0) is 18.8. The summed E-state index contributed by atoms with van der Waals surface area (Å²) in [6, 6.07) is 12.1. The van der Waals surface area contributed by atoms with Crippen LogP contribution in [0.2, 0.25) is 0 Å². The van der Waals surface area contributed by atoms with Crippen LogP contribution in [-0.2, 0) is 9.53 Å². The fourth-order valence-electron chi connectivity index (χ4n) is 3.62. The quantitative estimate of drug-likeness (QED) is 0.914. The number of aromatic nitrogens is 1. The molecule has 0 radical (unpaired) electrons. The van der Waals surface area contributed by atoms with E-state index in [2.05, 4.69) is 23.6 Å². The van der Waals surface area contributed by atoms with E-state index in [1.54, 1.807) is 4.90 Å². The monoisotopic (exact) mass is 356 g/mol. The van der Waals surface area contributed by atoms with Crippen LogP contribution in [0.4, 0.5) is 0 Å². The van der Waals surface area contributed by atoms with Gasteiger partial charge in [0, 0.05) is 17.9 Å². The average molecular weight is 356 g/mol. The molecule has 1 aromatic heterocycles. The van der Waals surface area contributed by atoms with Gasteiger partial charge in [-0.1, -0.05) is 30.3 Å². The Morgan fingerprint density at radius 2 is 1.92 bits per heavy atom. The Balaban J connectivity index is 1.88. The minimum absolute atomic E-state index is 0.0755. The molecule has 1 saturated heterocycles. The maximum absolute atomic E-state index is 13.0. The smallest absolute Gasteiger partial charge is 0.334 e. The average Bonchev–Trinajstić information content (AvgIpc) is 2.95. The number of ether oxygens (including phenoxy) is 1. The van der Waals surface area contributed by atoms with Gasteiger partial charge in [-0.3, -0.25) is 4.79 Å². The van der Waals surface area contributed by atoms with Crippen molar-refractivity contribution in [3.63, 3.8) is 0 Å². The summed E-state index contributed by atoms with van der Waals surface area (Å²) >= 11 is 0. The van der Waals surface area contributed by atoms with Crippen molar-refractivity contribution in [3.05, 3.63) is 58.9 Å². The maximum atomic E-state index is 13.0. The molecule has 2 aromatic rings. The molecule has 1 aliphatic heterocycles. The molecule has 6 heteroatoms. The molecule has 138 valence electrons. The summed E-state index contributed by atoms with van der Waals surface area (Å²) in [5.41, 5.74) is 3.69. The maximum Gasteiger partial charge on any atom is 0.334 e. The van der Waals surface area contributed by atoms with Gasteiger partial charge in [-0.25, -0.2) is 4.79 Å². The Bertz CT molecular complexity index is 813. The fraction of sp³-hybridized carbons (Fsp3) is 0.400. The SMILES string of the molecule is Cc1cc(C(=O)N2CCO[C@H](C(=O)O)C2)c(C)n1[C@H](C)c1ccccc1. The van der Waals surface area contributed by atoms with Crippen molar-refractivity contribution >= 4 is 11.9 Å². The number of rotatable bonds is 4. The van der Waals surface area contributed by atoms with Gasteiger partial charge in [0.15, 0.2) is 6.10 Å². The number of hydrogen-bond acceptors (Lipinski definition) is 3. The van der Waals surface area contributed by atoms with Crippen LogP contribution >= 0.6 is 0 Å². The second kappa shape index (κ2) is 7.33. The van der Waals surface area contributed by atoms with Gasteiger partial charge in [0.25, 0.3) is 5.91 Å². The summed E-state index contributed by atoms with van der Waals surface area (Å²) in [6.07, 6.45) is -0.959. The van der Waals surface area contributed by atoms with E-state index < -0.39 is 12.1 Å². The van der Waals surface area contributed by atoms with Crippen molar-refractivity contribution in [3.8, 4) is 0 Å². The molecule has 0 spiro atoms. The van der Waals surface area contributed by atoms with Crippen molar-refractivity contribution in [1.82, 2.24) is 9.47 Å². The lowest BCUT2D eigenvalue weighted by atomic mass is 10.1. The van der Waals surface area contributed by atoms with Crippen LogP contribution in [0, 0.1) is 13.8 Å². The number of aryl methyl sites for hydroxylation is 1. The van der Waals surface area contributed by atoms with Gasteiger partial charge in [0.2, 0.25) is 0 Å². The van der Waals surface area contributed by atoms with Crippen molar-refractivity contribution in [2.45, 2.75) is 32.9 Å². The van der Waals surface area contributed by atoms with Crippen molar-refractivity contribution in [1.29, 1.82) is 0 Å². The van der Waals surface area contributed by atoms with Crippen LogP contribution in [0.3, 0.4) is 0 Å². The molecular formula is C20H24N2O4. The molecule has 1 N–H and O–H groups in total. The number of hydrogen-bond donors (Lipinski definition) is 1. The highest BCUT2D eigenvalue weighted by Gasteiger charge is 2.31. The van der Waals surface area contributed by atoms with Gasteiger partial charge in [0.1, 0.15) is 0 Å². The summed E-state index contributed by atoms with van der Waals surface area (Å²) in [7, 11) is 0. The predicted octanol–water partition coefficient (Wildman–Crippen LogP) is 2.64. The highest BCUT2D eigenvalue weighted by molar-refractivity contribution is 5.96. The third-order valence-corrected chi connectivity index (χ3v) is 5.01. The molecule has 1 aromatic carbocycles. The first-order chi connectivity index (χ1) is 12.4. The van der Waals surface area contributed by atoms with E-state index in [4.69, 9.17) is 9.84 Å². The number of amides is 1. The zero-order valence-corrected chi connectivity index (χ0v) is 15.3. The molecule has 1 fully saturated rings. The largest absolute Gasteiger partial charge is 0.479 e. The van der Waals surface area contributed by atoms with E-state index in [0.29, 0.717) is 12.1 Å². The number of benzene rings is 1. The lowest BCUT2D eigenvalue weighted by molar-refractivity contribution is -0.154. The lowest BCUT2D eigenvalue weighted by Crippen LogP contribution is -2.48. The van der Waals surface area contributed by atoms with Crippen molar-refractivity contribution < 1.29 is 19.4 Å². The molecule has 6 nitrogen and oxygen atoms in total. The van der Waals surface area contributed by atoms with Gasteiger partial charge in [-0.05, 0) is 32.4 Å². The van der Waals surface area contributed by atoms with E-state index >= 15 is 0 Å². The first-order valence-corrected chi connectivity index (χ1v) is 8.77. The van der Waals surface area contributed by atoms with E-state index in [-0.39, 0.29) is 25.1 Å². The summed E-state index contributed by atoms with van der Waals surface area (Å²) in [5, 5.41) is 9.14. The second-order valence-corrected chi connectivity index (χ2v) is 6.69. The molecule has 0 unspecified atom stereocenters. The number of nitrogens with zero attached hydrogens (tertiary/aromatic N) is 2. The molecule has 3 rings (SSSR count). The van der Waals surface area contributed by atoms with Gasteiger partial charge in [0.05, 0.1) is 24.8 Å². The van der Waals surface area contributed by atoms with E-state index in [9.17, 15) is 9.59 Å². The van der Waals surface area contributed by atoms with Crippen LogP contribution in [0.25, 0.3) is 0 Å². The molecule has 1 aliphatic rings.